The van der Waals surface area contributed by atoms with Gasteiger partial charge >= 0.3 is 0 Å². The third-order valence-corrected chi connectivity index (χ3v) is 3.33. The third kappa shape index (κ3) is 2.70. The standard InChI is InChI=1S/C16H19NO/c1-3-7-15-11-10-13(2)17(16(15)18)12-14-8-5-4-6-9-14/h3-6,8-11,13,15H,1,7,12H2,2H3/t13-,15+/m0/s1. The minimum absolute atomic E-state index is 0.0394. The van der Waals surface area contributed by atoms with Crippen LogP contribution in [-0.4, -0.2) is 16.8 Å². The van der Waals surface area contributed by atoms with Gasteiger partial charge in [0.05, 0.1) is 5.92 Å². The monoisotopic (exact) mass is 241 g/mol. The van der Waals surface area contributed by atoms with Crippen molar-refractivity contribution in [3.63, 3.8) is 0 Å². The first kappa shape index (κ1) is 12.6. The lowest BCUT2D eigenvalue weighted by Crippen LogP contribution is -2.43. The molecule has 0 fully saturated rings. The van der Waals surface area contributed by atoms with Crippen LogP contribution in [0.5, 0.6) is 0 Å². The minimum Gasteiger partial charge on any atom is -0.332 e. The number of amides is 1. The van der Waals surface area contributed by atoms with Gasteiger partial charge in [-0.1, -0.05) is 48.6 Å². The van der Waals surface area contributed by atoms with Crippen LogP contribution in [0.15, 0.2) is 55.1 Å². The van der Waals surface area contributed by atoms with Gasteiger partial charge in [0.1, 0.15) is 0 Å². The van der Waals surface area contributed by atoms with Crippen LogP contribution in [0.25, 0.3) is 0 Å². The van der Waals surface area contributed by atoms with Crippen LogP contribution in [0.4, 0.5) is 0 Å². The number of carbonyl (C=O) groups excluding carboxylic acids is 1. The van der Waals surface area contributed by atoms with Crippen LogP contribution in [0.3, 0.4) is 0 Å². The molecule has 18 heavy (non-hydrogen) atoms. The molecule has 0 N–H and O–H groups in total. The first-order valence-corrected chi connectivity index (χ1v) is 6.36. The molecule has 0 unspecified atom stereocenters. The van der Waals surface area contributed by atoms with Gasteiger partial charge in [0.25, 0.3) is 0 Å². The van der Waals surface area contributed by atoms with E-state index in [9.17, 15) is 4.79 Å². The van der Waals surface area contributed by atoms with Gasteiger partial charge in [-0.15, -0.1) is 6.58 Å². The van der Waals surface area contributed by atoms with Crippen molar-refractivity contribution < 1.29 is 4.79 Å². The quantitative estimate of drug-likeness (QED) is 0.741. The molecule has 0 saturated carbocycles. The van der Waals surface area contributed by atoms with E-state index in [-0.39, 0.29) is 17.9 Å². The average Bonchev–Trinajstić information content (AvgIpc) is 2.39. The van der Waals surface area contributed by atoms with Crippen molar-refractivity contribution in [1.82, 2.24) is 4.90 Å². The van der Waals surface area contributed by atoms with Gasteiger partial charge in [-0.3, -0.25) is 4.79 Å². The first-order chi connectivity index (χ1) is 8.72. The maximum Gasteiger partial charge on any atom is 0.230 e. The molecule has 2 atom stereocenters. The number of benzene rings is 1. The van der Waals surface area contributed by atoms with Crippen molar-refractivity contribution in [3.05, 3.63) is 60.7 Å². The summed E-state index contributed by atoms with van der Waals surface area (Å²) in [5.41, 5.74) is 1.17. The molecule has 1 aliphatic rings. The second kappa shape index (κ2) is 5.67. The third-order valence-electron chi connectivity index (χ3n) is 3.33. The Bertz CT molecular complexity index is 449. The Hall–Kier alpha value is -1.83. The molecule has 2 heteroatoms. The number of allylic oxidation sites excluding steroid dienone is 1. The van der Waals surface area contributed by atoms with Crippen molar-refractivity contribution in [3.8, 4) is 0 Å². The molecule has 2 nitrogen and oxygen atoms in total. The summed E-state index contributed by atoms with van der Waals surface area (Å²) in [7, 11) is 0. The summed E-state index contributed by atoms with van der Waals surface area (Å²) in [5.74, 6) is 0.163. The lowest BCUT2D eigenvalue weighted by atomic mass is 9.96. The summed E-state index contributed by atoms with van der Waals surface area (Å²) in [6.07, 6.45) is 6.64. The van der Waals surface area contributed by atoms with Crippen LogP contribution in [0.2, 0.25) is 0 Å². The van der Waals surface area contributed by atoms with Crippen molar-refractivity contribution in [1.29, 1.82) is 0 Å². The Labute approximate surface area is 109 Å². The zero-order chi connectivity index (χ0) is 13.0. The molecule has 0 radical (unpaired) electrons. The molecule has 1 amide bonds. The van der Waals surface area contributed by atoms with E-state index in [0.29, 0.717) is 13.0 Å². The number of nitrogens with zero attached hydrogens (tertiary/aromatic N) is 1. The smallest absolute Gasteiger partial charge is 0.230 e. The number of hydrogen-bond acceptors (Lipinski definition) is 1. The summed E-state index contributed by atoms with van der Waals surface area (Å²) in [4.78, 5) is 14.3. The van der Waals surface area contributed by atoms with Crippen molar-refractivity contribution in [2.75, 3.05) is 0 Å². The number of rotatable bonds is 4. The molecule has 1 aliphatic heterocycles. The molecule has 0 aromatic heterocycles. The molecule has 0 bridgehead atoms. The highest BCUT2D eigenvalue weighted by molar-refractivity contribution is 5.82. The lowest BCUT2D eigenvalue weighted by molar-refractivity contribution is -0.136. The molecular weight excluding hydrogens is 222 g/mol. The Morgan fingerprint density at radius 1 is 1.28 bits per heavy atom. The summed E-state index contributed by atoms with van der Waals surface area (Å²) in [5, 5.41) is 0. The highest BCUT2D eigenvalue weighted by Gasteiger charge is 2.28. The van der Waals surface area contributed by atoms with Crippen LogP contribution in [-0.2, 0) is 11.3 Å². The van der Waals surface area contributed by atoms with E-state index in [4.69, 9.17) is 0 Å². The fourth-order valence-electron chi connectivity index (χ4n) is 2.26. The molecule has 1 heterocycles. The lowest BCUT2D eigenvalue weighted by Gasteiger charge is -2.33. The molecule has 0 saturated heterocycles. The van der Waals surface area contributed by atoms with Gasteiger partial charge < -0.3 is 4.90 Å². The molecule has 1 aromatic rings. The van der Waals surface area contributed by atoms with Crippen molar-refractivity contribution in [2.24, 2.45) is 5.92 Å². The maximum atomic E-state index is 12.4. The highest BCUT2D eigenvalue weighted by Crippen LogP contribution is 2.21. The first-order valence-electron chi connectivity index (χ1n) is 6.36. The number of carbonyl (C=O) groups is 1. The van der Waals surface area contributed by atoms with E-state index in [2.05, 4.69) is 31.7 Å². The Morgan fingerprint density at radius 3 is 2.67 bits per heavy atom. The van der Waals surface area contributed by atoms with E-state index in [1.165, 1.54) is 5.56 Å². The van der Waals surface area contributed by atoms with Crippen LogP contribution in [0.1, 0.15) is 18.9 Å². The summed E-state index contributed by atoms with van der Waals surface area (Å²) in [6.45, 7) is 6.45. The summed E-state index contributed by atoms with van der Waals surface area (Å²) < 4.78 is 0. The SMILES string of the molecule is C=CC[C@@H]1C=C[C@H](C)N(Cc2ccccc2)C1=O. The molecular formula is C16H19NO. The Morgan fingerprint density at radius 2 is 2.00 bits per heavy atom. The molecule has 1 aromatic carbocycles. The molecule has 0 spiro atoms. The number of hydrogen-bond donors (Lipinski definition) is 0. The fourth-order valence-corrected chi connectivity index (χ4v) is 2.26. The largest absolute Gasteiger partial charge is 0.332 e. The van der Waals surface area contributed by atoms with Gasteiger partial charge in [-0.25, -0.2) is 0 Å². The normalized spacial score (nSPS) is 23.2. The van der Waals surface area contributed by atoms with Crippen LogP contribution in [0, 0.1) is 5.92 Å². The highest BCUT2D eigenvalue weighted by atomic mass is 16.2. The van der Waals surface area contributed by atoms with E-state index in [1.807, 2.05) is 35.3 Å². The van der Waals surface area contributed by atoms with Crippen LogP contribution < -0.4 is 0 Å². The predicted molar refractivity (Wildman–Crippen MR) is 73.9 cm³/mol. The fraction of sp³-hybridized carbons (Fsp3) is 0.312. The second-order valence-corrected chi connectivity index (χ2v) is 4.71. The van der Waals surface area contributed by atoms with E-state index >= 15 is 0 Å². The van der Waals surface area contributed by atoms with Crippen molar-refractivity contribution >= 4 is 5.91 Å². The zero-order valence-electron chi connectivity index (χ0n) is 10.8. The summed E-state index contributed by atoms with van der Waals surface area (Å²) in [6, 6.07) is 10.3. The van der Waals surface area contributed by atoms with Crippen LogP contribution >= 0.6 is 0 Å². The molecule has 0 aliphatic carbocycles. The van der Waals surface area contributed by atoms with Crippen molar-refractivity contribution in [2.45, 2.75) is 25.9 Å². The van der Waals surface area contributed by atoms with Gasteiger partial charge in [0, 0.05) is 12.6 Å². The van der Waals surface area contributed by atoms with E-state index in [1.54, 1.807) is 0 Å². The van der Waals surface area contributed by atoms with Gasteiger partial charge in [0.15, 0.2) is 0 Å². The predicted octanol–water partition coefficient (Wildman–Crippen LogP) is 3.17. The van der Waals surface area contributed by atoms with E-state index < -0.39 is 0 Å². The van der Waals surface area contributed by atoms with E-state index in [0.717, 1.165) is 0 Å². The summed E-state index contributed by atoms with van der Waals surface area (Å²) >= 11 is 0. The maximum absolute atomic E-state index is 12.4. The van der Waals surface area contributed by atoms with Gasteiger partial charge in [-0.05, 0) is 18.9 Å². The second-order valence-electron chi connectivity index (χ2n) is 4.71. The Balaban J connectivity index is 2.14. The average molecular weight is 241 g/mol. The minimum atomic E-state index is -0.0394. The molecule has 2 rings (SSSR count). The Kier molecular flexibility index (Phi) is 3.98. The topological polar surface area (TPSA) is 20.3 Å². The van der Waals surface area contributed by atoms with Gasteiger partial charge in [0.2, 0.25) is 5.91 Å². The van der Waals surface area contributed by atoms with Gasteiger partial charge in [-0.2, -0.15) is 0 Å². The zero-order valence-corrected chi connectivity index (χ0v) is 10.8. The molecule has 94 valence electrons.